The second kappa shape index (κ2) is 10.5. The third-order valence-electron chi connectivity index (χ3n) is 4.99. The van der Waals surface area contributed by atoms with E-state index < -0.39 is 18.1 Å². The SMILES string of the molecule is CCOc1cc(/C=C/C(=O)Nn2cnc3sc(C)c(-c4ccccc4)c3c2=O)ccc1OC(F)F. The molecule has 0 aliphatic carbocycles. The van der Waals surface area contributed by atoms with E-state index in [4.69, 9.17) is 4.74 Å². The molecular weight excluding hydrogens is 476 g/mol. The molecule has 2 aromatic heterocycles. The molecule has 7 nitrogen and oxygen atoms in total. The Hall–Kier alpha value is -4.05. The van der Waals surface area contributed by atoms with Crippen molar-refractivity contribution in [3.05, 3.63) is 81.7 Å². The van der Waals surface area contributed by atoms with Crippen LogP contribution in [0.1, 0.15) is 17.4 Å². The van der Waals surface area contributed by atoms with Gasteiger partial charge in [-0.2, -0.15) is 8.78 Å². The average Bonchev–Trinajstić information content (AvgIpc) is 3.18. The number of aromatic nitrogens is 2. The van der Waals surface area contributed by atoms with Gasteiger partial charge in [-0.3, -0.25) is 15.0 Å². The summed E-state index contributed by atoms with van der Waals surface area (Å²) in [6.45, 7) is 0.898. The van der Waals surface area contributed by atoms with E-state index in [1.54, 1.807) is 6.92 Å². The van der Waals surface area contributed by atoms with Gasteiger partial charge in [-0.25, -0.2) is 9.66 Å². The van der Waals surface area contributed by atoms with E-state index in [1.165, 1.54) is 48.0 Å². The van der Waals surface area contributed by atoms with Gasteiger partial charge >= 0.3 is 6.61 Å². The van der Waals surface area contributed by atoms with Gasteiger partial charge in [0.05, 0.1) is 12.0 Å². The maximum Gasteiger partial charge on any atom is 0.387 e. The van der Waals surface area contributed by atoms with Crippen LogP contribution < -0.4 is 20.5 Å². The van der Waals surface area contributed by atoms with Crippen LogP contribution in [0, 0.1) is 6.92 Å². The minimum atomic E-state index is -2.99. The lowest BCUT2D eigenvalue weighted by atomic mass is 10.0. The summed E-state index contributed by atoms with van der Waals surface area (Å²) in [5.74, 6) is -0.551. The van der Waals surface area contributed by atoms with Crippen LogP contribution in [0.25, 0.3) is 27.4 Å². The summed E-state index contributed by atoms with van der Waals surface area (Å²) in [5.41, 5.74) is 4.31. The zero-order valence-electron chi connectivity index (χ0n) is 18.8. The summed E-state index contributed by atoms with van der Waals surface area (Å²) in [5, 5.41) is 0.432. The summed E-state index contributed by atoms with van der Waals surface area (Å²) in [4.78, 5) is 31.6. The first kappa shape index (κ1) is 24.1. The van der Waals surface area contributed by atoms with Crippen molar-refractivity contribution in [3.8, 4) is 22.6 Å². The average molecular weight is 498 g/mol. The number of aryl methyl sites for hydroxylation is 1. The van der Waals surface area contributed by atoms with Crippen molar-refractivity contribution in [2.24, 2.45) is 0 Å². The van der Waals surface area contributed by atoms with Gasteiger partial charge in [-0.15, -0.1) is 11.3 Å². The van der Waals surface area contributed by atoms with Crippen LogP contribution in [0.4, 0.5) is 8.78 Å². The molecule has 1 amide bonds. The molecule has 0 bridgehead atoms. The number of fused-ring (bicyclic) bond motifs is 1. The van der Waals surface area contributed by atoms with Gasteiger partial charge in [-0.05, 0) is 43.2 Å². The number of thiophene rings is 1. The van der Waals surface area contributed by atoms with Crippen LogP contribution in [-0.4, -0.2) is 28.8 Å². The first-order valence-electron chi connectivity index (χ1n) is 10.6. The minimum absolute atomic E-state index is 0.102. The fourth-order valence-corrected chi connectivity index (χ4v) is 4.56. The second-order valence-corrected chi connectivity index (χ2v) is 8.53. The number of benzene rings is 2. The highest BCUT2D eigenvalue weighted by molar-refractivity contribution is 7.19. The van der Waals surface area contributed by atoms with Crippen molar-refractivity contribution in [1.29, 1.82) is 0 Å². The number of hydrogen-bond donors (Lipinski definition) is 1. The molecule has 10 heteroatoms. The van der Waals surface area contributed by atoms with Crippen molar-refractivity contribution in [2.75, 3.05) is 12.0 Å². The highest BCUT2D eigenvalue weighted by atomic mass is 32.1. The van der Waals surface area contributed by atoms with Gasteiger partial charge in [0.1, 0.15) is 11.2 Å². The van der Waals surface area contributed by atoms with E-state index in [0.29, 0.717) is 15.8 Å². The molecule has 180 valence electrons. The van der Waals surface area contributed by atoms with Crippen molar-refractivity contribution in [2.45, 2.75) is 20.5 Å². The Morgan fingerprint density at radius 1 is 1.20 bits per heavy atom. The van der Waals surface area contributed by atoms with E-state index in [9.17, 15) is 18.4 Å². The van der Waals surface area contributed by atoms with Crippen molar-refractivity contribution >= 4 is 33.5 Å². The molecule has 0 unspecified atom stereocenters. The lowest BCUT2D eigenvalue weighted by Gasteiger charge is -2.11. The summed E-state index contributed by atoms with van der Waals surface area (Å²) < 4.78 is 36.0. The summed E-state index contributed by atoms with van der Waals surface area (Å²) in [7, 11) is 0. The lowest BCUT2D eigenvalue weighted by molar-refractivity contribution is -0.112. The Kier molecular flexibility index (Phi) is 7.21. The van der Waals surface area contributed by atoms with Crippen molar-refractivity contribution < 1.29 is 23.0 Å². The topological polar surface area (TPSA) is 82.5 Å². The van der Waals surface area contributed by atoms with E-state index in [2.05, 4.69) is 15.1 Å². The van der Waals surface area contributed by atoms with Crippen molar-refractivity contribution in [1.82, 2.24) is 9.66 Å². The minimum Gasteiger partial charge on any atom is -0.490 e. The molecule has 1 N–H and O–H groups in total. The highest BCUT2D eigenvalue weighted by Crippen LogP contribution is 2.35. The first-order chi connectivity index (χ1) is 16.9. The number of nitrogens with zero attached hydrogens (tertiary/aromatic N) is 2. The van der Waals surface area contributed by atoms with Crippen LogP contribution >= 0.6 is 11.3 Å². The number of nitrogens with one attached hydrogen (secondary N) is 1. The van der Waals surface area contributed by atoms with Crippen molar-refractivity contribution in [3.63, 3.8) is 0 Å². The molecule has 0 saturated heterocycles. The largest absolute Gasteiger partial charge is 0.490 e. The molecule has 0 radical (unpaired) electrons. The number of ether oxygens (including phenoxy) is 2. The fourth-order valence-electron chi connectivity index (χ4n) is 3.55. The Morgan fingerprint density at radius 3 is 2.69 bits per heavy atom. The molecule has 0 saturated carbocycles. The van der Waals surface area contributed by atoms with Crippen LogP contribution in [0.3, 0.4) is 0 Å². The molecule has 0 atom stereocenters. The molecule has 0 aliphatic rings. The zero-order chi connectivity index (χ0) is 24.9. The molecule has 4 aromatic rings. The third-order valence-corrected chi connectivity index (χ3v) is 6.01. The van der Waals surface area contributed by atoms with Gasteiger partial charge < -0.3 is 9.47 Å². The van der Waals surface area contributed by atoms with Gasteiger partial charge in [0.15, 0.2) is 11.5 Å². The molecule has 0 spiro atoms. The van der Waals surface area contributed by atoms with Crippen LogP contribution in [-0.2, 0) is 4.79 Å². The molecule has 0 aliphatic heterocycles. The van der Waals surface area contributed by atoms with Gasteiger partial charge in [0.2, 0.25) is 0 Å². The Labute approximate surface area is 203 Å². The normalized spacial score (nSPS) is 11.3. The zero-order valence-corrected chi connectivity index (χ0v) is 19.6. The van der Waals surface area contributed by atoms with E-state index in [-0.39, 0.29) is 18.1 Å². The van der Waals surface area contributed by atoms with Gasteiger partial charge in [0, 0.05) is 16.5 Å². The molecule has 4 rings (SSSR count). The fraction of sp³-hybridized carbons (Fsp3) is 0.160. The smallest absolute Gasteiger partial charge is 0.387 e. The highest BCUT2D eigenvalue weighted by Gasteiger charge is 2.17. The number of rotatable bonds is 8. The van der Waals surface area contributed by atoms with Crippen LogP contribution in [0.15, 0.2) is 65.7 Å². The number of halogens is 2. The number of hydrogen-bond acceptors (Lipinski definition) is 6. The molecule has 0 fully saturated rings. The summed E-state index contributed by atoms with van der Waals surface area (Å²) in [6.07, 6.45) is 3.95. The molecule has 2 heterocycles. The lowest BCUT2D eigenvalue weighted by Crippen LogP contribution is -2.32. The predicted molar refractivity (Wildman–Crippen MR) is 132 cm³/mol. The van der Waals surface area contributed by atoms with E-state index in [0.717, 1.165) is 20.7 Å². The van der Waals surface area contributed by atoms with Crippen LogP contribution in [0.5, 0.6) is 11.5 Å². The van der Waals surface area contributed by atoms with Gasteiger partial charge in [-0.1, -0.05) is 36.4 Å². The Morgan fingerprint density at radius 2 is 1.97 bits per heavy atom. The molecule has 2 aromatic carbocycles. The van der Waals surface area contributed by atoms with Crippen LogP contribution in [0.2, 0.25) is 0 Å². The predicted octanol–water partition coefficient (Wildman–Crippen LogP) is 5.22. The maximum atomic E-state index is 13.2. The monoisotopic (exact) mass is 497 g/mol. The summed E-state index contributed by atoms with van der Waals surface area (Å²) >= 11 is 1.41. The first-order valence-corrected chi connectivity index (χ1v) is 11.5. The number of carbonyl (C=O) groups is 1. The number of alkyl halides is 2. The molecule has 35 heavy (non-hydrogen) atoms. The Bertz CT molecular complexity index is 1450. The van der Waals surface area contributed by atoms with Gasteiger partial charge in [0.25, 0.3) is 11.5 Å². The van der Waals surface area contributed by atoms with E-state index in [1.807, 2.05) is 37.3 Å². The standard InChI is InChI=1S/C25H21F2N3O4S/c1-3-33-19-13-16(9-11-18(19)34-25(26)27)10-12-20(31)29-30-14-28-23-22(24(30)32)21(15(2)35-23)17-7-5-4-6-8-17/h4-14,25H,3H2,1-2H3,(H,29,31)/b12-10+. The summed E-state index contributed by atoms with van der Waals surface area (Å²) in [6, 6.07) is 13.8. The Balaban J connectivity index is 1.58. The van der Waals surface area contributed by atoms with E-state index >= 15 is 0 Å². The number of carbonyl (C=O) groups excluding carboxylic acids is 1. The third kappa shape index (κ3) is 5.38. The number of amides is 1. The quantitative estimate of drug-likeness (QED) is 0.338. The molecular formula is C25H21F2N3O4S. The second-order valence-electron chi connectivity index (χ2n) is 7.33. The maximum absolute atomic E-state index is 13.2.